The summed E-state index contributed by atoms with van der Waals surface area (Å²) in [7, 11) is 0. The lowest BCUT2D eigenvalue weighted by atomic mass is 9.98. The molecular formula is C17H19BrFNO. The average molecular weight is 352 g/mol. The van der Waals surface area contributed by atoms with Crippen molar-refractivity contribution in [2.24, 2.45) is 0 Å². The molecule has 0 aliphatic carbocycles. The maximum atomic E-state index is 13.1. The lowest BCUT2D eigenvalue weighted by Gasteiger charge is -2.20. The average Bonchev–Trinajstić information content (AvgIpc) is 2.48. The highest BCUT2D eigenvalue weighted by molar-refractivity contribution is 9.10. The molecule has 0 amide bonds. The molecule has 2 nitrogen and oxygen atoms in total. The Labute approximate surface area is 133 Å². The Hall–Kier alpha value is -1.39. The topological polar surface area (TPSA) is 21.3 Å². The number of rotatable bonds is 6. The molecule has 0 aromatic heterocycles. The van der Waals surface area contributed by atoms with Crippen LogP contribution in [0.3, 0.4) is 0 Å². The van der Waals surface area contributed by atoms with Gasteiger partial charge in [-0.25, -0.2) is 4.39 Å². The summed E-state index contributed by atoms with van der Waals surface area (Å²) in [6.07, 6.45) is 0. The Morgan fingerprint density at radius 2 is 1.76 bits per heavy atom. The van der Waals surface area contributed by atoms with Gasteiger partial charge in [0.1, 0.15) is 11.6 Å². The predicted octanol–water partition coefficient (Wildman–Crippen LogP) is 4.69. The number of halogens is 2. The van der Waals surface area contributed by atoms with E-state index in [1.165, 1.54) is 12.1 Å². The van der Waals surface area contributed by atoms with Crippen LogP contribution in [-0.4, -0.2) is 13.2 Å². The van der Waals surface area contributed by atoms with Crippen LogP contribution in [0.4, 0.5) is 4.39 Å². The highest BCUT2D eigenvalue weighted by atomic mass is 79.9. The molecule has 1 unspecified atom stereocenters. The van der Waals surface area contributed by atoms with Gasteiger partial charge in [0.15, 0.2) is 0 Å². The third-order valence-corrected chi connectivity index (χ3v) is 3.82. The first-order chi connectivity index (χ1) is 10.2. The van der Waals surface area contributed by atoms with Gasteiger partial charge in [-0.15, -0.1) is 0 Å². The van der Waals surface area contributed by atoms with Crippen LogP contribution >= 0.6 is 15.9 Å². The maximum Gasteiger partial charge on any atom is 0.133 e. The fourth-order valence-electron chi connectivity index (χ4n) is 2.26. The summed E-state index contributed by atoms with van der Waals surface area (Å²) < 4.78 is 19.6. The van der Waals surface area contributed by atoms with Crippen LogP contribution in [0.2, 0.25) is 0 Å². The fraction of sp³-hybridized carbons (Fsp3) is 0.294. The van der Waals surface area contributed by atoms with Gasteiger partial charge < -0.3 is 10.1 Å². The predicted molar refractivity (Wildman–Crippen MR) is 87.2 cm³/mol. The molecule has 0 heterocycles. The minimum absolute atomic E-state index is 0.0302. The normalized spacial score (nSPS) is 12.2. The molecule has 21 heavy (non-hydrogen) atoms. The third kappa shape index (κ3) is 4.05. The van der Waals surface area contributed by atoms with E-state index >= 15 is 0 Å². The van der Waals surface area contributed by atoms with Crippen molar-refractivity contribution in [2.75, 3.05) is 13.2 Å². The summed E-state index contributed by atoms with van der Waals surface area (Å²) in [6, 6.07) is 12.7. The maximum absolute atomic E-state index is 13.1. The Morgan fingerprint density at radius 1 is 1.10 bits per heavy atom. The van der Waals surface area contributed by atoms with E-state index in [-0.39, 0.29) is 11.9 Å². The monoisotopic (exact) mass is 351 g/mol. The summed E-state index contributed by atoms with van der Waals surface area (Å²) in [5.74, 6) is 0.609. The van der Waals surface area contributed by atoms with Crippen LogP contribution in [0.25, 0.3) is 0 Å². The first-order valence-electron chi connectivity index (χ1n) is 7.06. The van der Waals surface area contributed by atoms with Gasteiger partial charge in [-0.3, -0.25) is 0 Å². The van der Waals surface area contributed by atoms with Gasteiger partial charge in [0, 0.05) is 0 Å². The molecule has 0 spiro atoms. The lowest BCUT2D eigenvalue weighted by molar-refractivity contribution is 0.338. The van der Waals surface area contributed by atoms with E-state index in [4.69, 9.17) is 4.74 Å². The molecule has 112 valence electrons. The van der Waals surface area contributed by atoms with E-state index in [1.54, 1.807) is 0 Å². The summed E-state index contributed by atoms with van der Waals surface area (Å²) in [4.78, 5) is 0. The van der Waals surface area contributed by atoms with Crippen LogP contribution in [0.15, 0.2) is 46.9 Å². The van der Waals surface area contributed by atoms with Crippen LogP contribution in [0.5, 0.6) is 5.75 Å². The summed E-state index contributed by atoms with van der Waals surface area (Å²) in [6.45, 7) is 5.47. The molecule has 0 fully saturated rings. The molecule has 2 rings (SSSR count). The number of hydrogen-bond acceptors (Lipinski definition) is 2. The van der Waals surface area contributed by atoms with E-state index in [0.29, 0.717) is 6.61 Å². The van der Waals surface area contributed by atoms with Gasteiger partial charge in [-0.1, -0.05) is 25.1 Å². The quantitative estimate of drug-likeness (QED) is 0.815. The van der Waals surface area contributed by atoms with Gasteiger partial charge in [0.05, 0.1) is 17.1 Å². The van der Waals surface area contributed by atoms with E-state index < -0.39 is 0 Å². The summed E-state index contributed by atoms with van der Waals surface area (Å²) >= 11 is 3.54. The third-order valence-electron chi connectivity index (χ3n) is 3.20. The number of benzene rings is 2. The highest BCUT2D eigenvalue weighted by Crippen LogP contribution is 2.31. The Kier molecular flexibility index (Phi) is 5.76. The van der Waals surface area contributed by atoms with Crippen molar-refractivity contribution < 1.29 is 9.13 Å². The van der Waals surface area contributed by atoms with Crippen molar-refractivity contribution in [2.45, 2.75) is 19.9 Å². The smallest absolute Gasteiger partial charge is 0.133 e. The van der Waals surface area contributed by atoms with E-state index in [9.17, 15) is 4.39 Å². The molecule has 1 N–H and O–H groups in total. The second-order valence-corrected chi connectivity index (χ2v) is 5.52. The van der Waals surface area contributed by atoms with E-state index in [0.717, 1.165) is 27.9 Å². The number of ether oxygens (including phenoxy) is 1. The summed E-state index contributed by atoms with van der Waals surface area (Å²) in [5, 5.41) is 3.43. The van der Waals surface area contributed by atoms with Gasteiger partial charge >= 0.3 is 0 Å². The largest absolute Gasteiger partial charge is 0.493 e. The van der Waals surface area contributed by atoms with Crippen molar-refractivity contribution >= 4 is 15.9 Å². The van der Waals surface area contributed by atoms with Crippen LogP contribution in [0.1, 0.15) is 31.0 Å². The molecule has 4 heteroatoms. The van der Waals surface area contributed by atoms with Crippen molar-refractivity contribution in [1.29, 1.82) is 0 Å². The first kappa shape index (κ1) is 16.0. The minimum atomic E-state index is -0.220. The number of hydrogen-bond donors (Lipinski definition) is 1. The number of nitrogens with one attached hydrogen (secondary N) is 1. The van der Waals surface area contributed by atoms with Crippen LogP contribution in [-0.2, 0) is 0 Å². The van der Waals surface area contributed by atoms with Crippen LogP contribution < -0.4 is 10.1 Å². The van der Waals surface area contributed by atoms with E-state index in [2.05, 4.69) is 28.2 Å². The molecule has 0 aliphatic rings. The van der Waals surface area contributed by atoms with Crippen LogP contribution in [0, 0.1) is 5.82 Å². The van der Waals surface area contributed by atoms with Gasteiger partial charge in [-0.2, -0.15) is 0 Å². The molecular weight excluding hydrogens is 333 g/mol. The van der Waals surface area contributed by atoms with Gasteiger partial charge in [-0.05, 0) is 64.8 Å². The highest BCUT2D eigenvalue weighted by Gasteiger charge is 2.14. The van der Waals surface area contributed by atoms with Crippen molar-refractivity contribution in [3.8, 4) is 5.75 Å². The lowest BCUT2D eigenvalue weighted by Crippen LogP contribution is -2.22. The van der Waals surface area contributed by atoms with Crippen molar-refractivity contribution in [3.05, 3.63) is 63.9 Å². The minimum Gasteiger partial charge on any atom is -0.493 e. The molecule has 0 saturated heterocycles. The zero-order valence-corrected chi connectivity index (χ0v) is 13.8. The molecule has 1 atom stereocenters. The second kappa shape index (κ2) is 7.57. The molecule has 0 bridgehead atoms. The van der Waals surface area contributed by atoms with E-state index in [1.807, 2.05) is 37.3 Å². The standard InChI is InChI=1S/C17H19BrFNO/c1-3-20-17(12-5-8-14(19)9-6-12)13-7-10-16(21-4-2)15(18)11-13/h5-11,17,20H,3-4H2,1-2H3. The second-order valence-electron chi connectivity index (χ2n) is 4.67. The van der Waals surface area contributed by atoms with Gasteiger partial charge in [0.2, 0.25) is 0 Å². The Morgan fingerprint density at radius 3 is 2.33 bits per heavy atom. The molecule has 2 aromatic rings. The Bertz CT molecular complexity index is 586. The van der Waals surface area contributed by atoms with Gasteiger partial charge in [0.25, 0.3) is 0 Å². The molecule has 2 aromatic carbocycles. The fourth-order valence-corrected chi connectivity index (χ4v) is 2.77. The zero-order valence-electron chi connectivity index (χ0n) is 12.2. The molecule has 0 radical (unpaired) electrons. The molecule has 0 aliphatic heterocycles. The first-order valence-corrected chi connectivity index (χ1v) is 7.86. The zero-order chi connectivity index (χ0) is 15.2. The summed E-state index contributed by atoms with van der Waals surface area (Å²) in [5.41, 5.74) is 2.15. The van der Waals surface area contributed by atoms with Crippen molar-refractivity contribution in [1.82, 2.24) is 5.32 Å². The Balaban J connectivity index is 2.33. The molecule has 0 saturated carbocycles. The van der Waals surface area contributed by atoms with Crippen molar-refractivity contribution in [3.63, 3.8) is 0 Å². The SMILES string of the molecule is CCNC(c1ccc(F)cc1)c1ccc(OCC)c(Br)c1.